The van der Waals surface area contributed by atoms with E-state index in [2.05, 4.69) is 28.2 Å². The van der Waals surface area contributed by atoms with Gasteiger partial charge >= 0.3 is 0 Å². The lowest BCUT2D eigenvalue weighted by atomic mass is 10.1. The van der Waals surface area contributed by atoms with Crippen molar-refractivity contribution in [1.29, 1.82) is 0 Å². The van der Waals surface area contributed by atoms with Crippen LogP contribution in [0.1, 0.15) is 10.7 Å². The number of aromatic nitrogens is 2. The highest BCUT2D eigenvalue weighted by Crippen LogP contribution is 2.31. The number of aromatic hydroxyl groups is 2. The predicted octanol–water partition coefficient (Wildman–Crippen LogP) is 4.29. The smallest absolute Gasteiger partial charge is 0.158 e. The van der Waals surface area contributed by atoms with Crippen molar-refractivity contribution in [2.45, 2.75) is 6.42 Å². The molecule has 0 amide bonds. The number of phenolic OH excluding ortho intramolecular Hbond substituents is 2. The van der Waals surface area contributed by atoms with Crippen LogP contribution in [-0.2, 0) is 6.42 Å². The van der Waals surface area contributed by atoms with Gasteiger partial charge in [-0.3, -0.25) is 0 Å². The Balaban J connectivity index is 1.61. The van der Waals surface area contributed by atoms with E-state index < -0.39 is 0 Å². The fourth-order valence-corrected chi connectivity index (χ4v) is 3.43. The van der Waals surface area contributed by atoms with Gasteiger partial charge in [0.2, 0.25) is 0 Å². The van der Waals surface area contributed by atoms with Gasteiger partial charge < -0.3 is 15.2 Å². The van der Waals surface area contributed by atoms with Crippen LogP contribution in [-0.4, -0.2) is 20.2 Å². The average molecular weight is 322 g/mol. The summed E-state index contributed by atoms with van der Waals surface area (Å²) in [6.07, 6.45) is 0.739. The second-order valence-corrected chi connectivity index (χ2v) is 6.33. The van der Waals surface area contributed by atoms with Gasteiger partial charge in [0.05, 0.1) is 10.7 Å². The number of benzene rings is 2. The van der Waals surface area contributed by atoms with Crippen LogP contribution in [0.5, 0.6) is 11.5 Å². The molecule has 0 spiro atoms. The number of phenols is 2. The standard InChI is InChI=1S/C18H14N2O2S/c21-16-6-5-12(8-17(16)22)15-10-23-18(20-15)9-13-7-11-3-1-2-4-14(11)19-13/h1-8,10,19,21-22H,9H2. The number of H-pyrrole nitrogens is 1. The molecule has 0 aliphatic rings. The van der Waals surface area contributed by atoms with E-state index in [4.69, 9.17) is 0 Å². The van der Waals surface area contributed by atoms with Gasteiger partial charge in [0.1, 0.15) is 0 Å². The normalized spacial score (nSPS) is 11.1. The average Bonchev–Trinajstić information content (AvgIpc) is 3.16. The lowest BCUT2D eigenvalue weighted by Gasteiger charge is -2.00. The van der Waals surface area contributed by atoms with Crippen molar-refractivity contribution in [1.82, 2.24) is 9.97 Å². The van der Waals surface area contributed by atoms with Gasteiger partial charge in [-0.25, -0.2) is 4.98 Å². The third-order valence-electron chi connectivity index (χ3n) is 3.75. The number of fused-ring (bicyclic) bond motifs is 1. The zero-order chi connectivity index (χ0) is 15.8. The van der Waals surface area contributed by atoms with Crippen molar-refractivity contribution in [3.63, 3.8) is 0 Å². The van der Waals surface area contributed by atoms with E-state index in [1.54, 1.807) is 17.4 Å². The Kier molecular flexibility index (Phi) is 3.28. The minimum absolute atomic E-state index is 0.123. The number of rotatable bonds is 3. The van der Waals surface area contributed by atoms with Gasteiger partial charge in [-0.1, -0.05) is 18.2 Å². The summed E-state index contributed by atoms with van der Waals surface area (Å²) in [5.74, 6) is -0.255. The zero-order valence-electron chi connectivity index (χ0n) is 12.2. The first kappa shape index (κ1) is 13.8. The van der Waals surface area contributed by atoms with E-state index in [1.165, 1.54) is 17.5 Å². The van der Waals surface area contributed by atoms with Crippen LogP contribution < -0.4 is 0 Å². The second kappa shape index (κ2) is 5.44. The molecular formula is C18H14N2O2S. The molecular weight excluding hydrogens is 308 g/mol. The molecule has 0 atom stereocenters. The van der Waals surface area contributed by atoms with E-state index in [0.29, 0.717) is 0 Å². The first-order valence-electron chi connectivity index (χ1n) is 7.22. The number of thiazole rings is 1. The molecule has 0 saturated heterocycles. The molecule has 2 aromatic carbocycles. The molecule has 2 heterocycles. The minimum atomic E-state index is -0.132. The molecule has 0 aliphatic carbocycles. The van der Waals surface area contributed by atoms with Crippen LogP contribution in [0.25, 0.3) is 22.2 Å². The molecule has 0 saturated carbocycles. The SMILES string of the molecule is Oc1ccc(-c2csc(Cc3cc4ccccc4[nH]3)n2)cc1O. The fourth-order valence-electron chi connectivity index (χ4n) is 2.60. The number of aromatic amines is 1. The van der Waals surface area contributed by atoms with Crippen LogP contribution in [0, 0.1) is 0 Å². The van der Waals surface area contributed by atoms with E-state index in [-0.39, 0.29) is 11.5 Å². The first-order chi connectivity index (χ1) is 11.2. The van der Waals surface area contributed by atoms with Gasteiger partial charge in [-0.2, -0.15) is 0 Å². The summed E-state index contributed by atoms with van der Waals surface area (Å²) in [7, 11) is 0. The largest absolute Gasteiger partial charge is 0.504 e. The summed E-state index contributed by atoms with van der Waals surface area (Å²) in [6, 6.07) is 15.1. The van der Waals surface area contributed by atoms with E-state index in [0.717, 1.165) is 33.9 Å². The van der Waals surface area contributed by atoms with Crippen molar-refractivity contribution in [3.05, 3.63) is 64.6 Å². The molecule has 2 aromatic heterocycles. The van der Waals surface area contributed by atoms with Crippen LogP contribution in [0.4, 0.5) is 0 Å². The van der Waals surface area contributed by atoms with Crippen molar-refractivity contribution < 1.29 is 10.2 Å². The van der Waals surface area contributed by atoms with Gasteiger partial charge in [-0.15, -0.1) is 11.3 Å². The highest BCUT2D eigenvalue weighted by molar-refractivity contribution is 7.10. The Morgan fingerprint density at radius 1 is 1.00 bits per heavy atom. The summed E-state index contributed by atoms with van der Waals surface area (Å²) >= 11 is 1.58. The van der Waals surface area contributed by atoms with Gasteiger partial charge in [0, 0.05) is 28.6 Å². The Labute approximate surface area is 136 Å². The third-order valence-corrected chi connectivity index (χ3v) is 4.60. The number of para-hydroxylation sites is 1. The maximum atomic E-state index is 9.60. The number of hydrogen-bond donors (Lipinski definition) is 3. The highest BCUT2D eigenvalue weighted by atomic mass is 32.1. The Hall–Kier alpha value is -2.79. The van der Waals surface area contributed by atoms with Crippen molar-refractivity contribution in [3.8, 4) is 22.8 Å². The van der Waals surface area contributed by atoms with Gasteiger partial charge in [-0.05, 0) is 35.7 Å². The topological polar surface area (TPSA) is 69.1 Å². The number of hydrogen-bond acceptors (Lipinski definition) is 4. The molecule has 0 unspecified atom stereocenters. The summed E-state index contributed by atoms with van der Waals surface area (Å²) in [5.41, 5.74) is 3.85. The van der Waals surface area contributed by atoms with Crippen LogP contribution >= 0.6 is 11.3 Å². The molecule has 4 nitrogen and oxygen atoms in total. The molecule has 4 rings (SSSR count). The van der Waals surface area contributed by atoms with E-state index in [9.17, 15) is 10.2 Å². The lowest BCUT2D eigenvalue weighted by molar-refractivity contribution is 0.404. The third kappa shape index (κ3) is 2.66. The molecule has 23 heavy (non-hydrogen) atoms. The second-order valence-electron chi connectivity index (χ2n) is 5.39. The summed E-state index contributed by atoms with van der Waals surface area (Å²) < 4.78 is 0. The van der Waals surface area contributed by atoms with Crippen LogP contribution in [0.15, 0.2) is 53.9 Å². The molecule has 114 valence electrons. The highest BCUT2D eigenvalue weighted by Gasteiger charge is 2.09. The maximum absolute atomic E-state index is 9.60. The molecule has 0 aliphatic heterocycles. The predicted molar refractivity (Wildman–Crippen MR) is 92.0 cm³/mol. The van der Waals surface area contributed by atoms with Crippen LogP contribution in [0.3, 0.4) is 0 Å². The number of nitrogens with zero attached hydrogens (tertiary/aromatic N) is 1. The monoisotopic (exact) mass is 322 g/mol. The summed E-state index contributed by atoms with van der Waals surface area (Å²) in [6.45, 7) is 0. The van der Waals surface area contributed by atoms with Crippen molar-refractivity contribution in [2.75, 3.05) is 0 Å². The molecule has 0 radical (unpaired) electrons. The first-order valence-corrected chi connectivity index (χ1v) is 8.10. The fraction of sp³-hybridized carbons (Fsp3) is 0.0556. The quantitative estimate of drug-likeness (QED) is 0.493. The molecule has 5 heteroatoms. The summed E-state index contributed by atoms with van der Waals surface area (Å²) in [4.78, 5) is 8.03. The Morgan fingerprint density at radius 2 is 1.87 bits per heavy atom. The van der Waals surface area contributed by atoms with Crippen LogP contribution in [0.2, 0.25) is 0 Å². The van der Waals surface area contributed by atoms with Gasteiger partial charge in [0.25, 0.3) is 0 Å². The van der Waals surface area contributed by atoms with Crippen molar-refractivity contribution in [2.24, 2.45) is 0 Å². The minimum Gasteiger partial charge on any atom is -0.504 e. The van der Waals surface area contributed by atoms with Gasteiger partial charge in [0.15, 0.2) is 11.5 Å². The molecule has 3 N–H and O–H groups in total. The number of nitrogens with one attached hydrogen (secondary N) is 1. The zero-order valence-corrected chi connectivity index (χ0v) is 13.0. The molecule has 0 fully saturated rings. The molecule has 4 aromatic rings. The van der Waals surface area contributed by atoms with E-state index in [1.807, 2.05) is 17.5 Å². The summed E-state index contributed by atoms with van der Waals surface area (Å²) in [5, 5.41) is 23.2. The molecule has 0 bridgehead atoms. The Bertz CT molecular complexity index is 955. The van der Waals surface area contributed by atoms with Crippen molar-refractivity contribution >= 4 is 22.2 Å². The Morgan fingerprint density at radius 3 is 2.70 bits per heavy atom. The maximum Gasteiger partial charge on any atom is 0.158 e. The van der Waals surface area contributed by atoms with E-state index >= 15 is 0 Å². The lowest BCUT2D eigenvalue weighted by Crippen LogP contribution is -1.87.